The standard InChI is InChI=1S/C10H11NO2/c12-10-11-7-9(13-10)6-8-4-2-1-3-5-8/h1-5,9H,6-7H2,(H,11,12)/t9-/m1/s1. The van der Waals surface area contributed by atoms with Crippen LogP contribution in [0.25, 0.3) is 0 Å². The second kappa shape index (κ2) is 3.47. The normalized spacial score (nSPS) is 20.9. The highest BCUT2D eigenvalue weighted by Crippen LogP contribution is 2.08. The van der Waals surface area contributed by atoms with E-state index < -0.39 is 0 Å². The van der Waals surface area contributed by atoms with E-state index in [1.807, 2.05) is 30.3 Å². The summed E-state index contributed by atoms with van der Waals surface area (Å²) >= 11 is 0. The Hall–Kier alpha value is -1.51. The minimum atomic E-state index is -0.305. The minimum Gasteiger partial charge on any atom is -0.444 e. The number of benzene rings is 1. The van der Waals surface area contributed by atoms with Crippen molar-refractivity contribution in [1.82, 2.24) is 5.32 Å². The average molecular weight is 177 g/mol. The highest BCUT2D eigenvalue weighted by molar-refractivity contribution is 5.69. The molecule has 1 aromatic rings. The molecular formula is C10H11NO2. The first-order valence-electron chi connectivity index (χ1n) is 4.33. The van der Waals surface area contributed by atoms with E-state index in [9.17, 15) is 4.79 Å². The third kappa shape index (κ3) is 1.99. The van der Waals surface area contributed by atoms with Crippen molar-refractivity contribution in [3.05, 3.63) is 35.9 Å². The first kappa shape index (κ1) is 8.10. The SMILES string of the molecule is O=C1NC[C@@H](Cc2ccccc2)O1. The Morgan fingerprint density at radius 1 is 1.38 bits per heavy atom. The summed E-state index contributed by atoms with van der Waals surface area (Å²) < 4.78 is 5.02. The molecule has 3 heteroatoms. The molecule has 13 heavy (non-hydrogen) atoms. The third-order valence-electron chi connectivity index (χ3n) is 2.05. The Morgan fingerprint density at radius 2 is 2.15 bits per heavy atom. The van der Waals surface area contributed by atoms with Crippen molar-refractivity contribution in [2.24, 2.45) is 0 Å². The monoisotopic (exact) mass is 177 g/mol. The minimum absolute atomic E-state index is 0.00472. The molecule has 1 atom stereocenters. The van der Waals surface area contributed by atoms with Crippen molar-refractivity contribution in [2.75, 3.05) is 6.54 Å². The zero-order valence-electron chi connectivity index (χ0n) is 7.19. The van der Waals surface area contributed by atoms with Crippen LogP contribution in [0.4, 0.5) is 4.79 Å². The van der Waals surface area contributed by atoms with Crippen molar-refractivity contribution in [1.29, 1.82) is 0 Å². The summed E-state index contributed by atoms with van der Waals surface area (Å²) in [6, 6.07) is 10.0. The molecule has 68 valence electrons. The van der Waals surface area contributed by atoms with Crippen molar-refractivity contribution in [3.8, 4) is 0 Å². The van der Waals surface area contributed by atoms with Gasteiger partial charge < -0.3 is 10.1 Å². The number of hydrogen-bond donors (Lipinski definition) is 1. The van der Waals surface area contributed by atoms with Gasteiger partial charge in [0.2, 0.25) is 0 Å². The summed E-state index contributed by atoms with van der Waals surface area (Å²) in [4.78, 5) is 10.7. The summed E-state index contributed by atoms with van der Waals surface area (Å²) in [6.45, 7) is 0.619. The molecule has 3 nitrogen and oxygen atoms in total. The smallest absolute Gasteiger partial charge is 0.407 e. The Kier molecular flexibility index (Phi) is 2.17. The molecule has 2 rings (SSSR count). The first-order valence-corrected chi connectivity index (χ1v) is 4.33. The van der Waals surface area contributed by atoms with Gasteiger partial charge in [-0.05, 0) is 5.56 Å². The molecule has 1 saturated heterocycles. The van der Waals surface area contributed by atoms with Crippen LogP contribution in [0.1, 0.15) is 5.56 Å². The van der Waals surface area contributed by atoms with Crippen molar-refractivity contribution < 1.29 is 9.53 Å². The maximum absolute atomic E-state index is 10.7. The van der Waals surface area contributed by atoms with E-state index in [4.69, 9.17) is 4.74 Å². The number of rotatable bonds is 2. The van der Waals surface area contributed by atoms with Crippen LogP contribution in [0, 0.1) is 0 Å². The predicted molar refractivity (Wildman–Crippen MR) is 48.4 cm³/mol. The average Bonchev–Trinajstić information content (AvgIpc) is 2.53. The van der Waals surface area contributed by atoms with Gasteiger partial charge in [0.05, 0.1) is 6.54 Å². The lowest BCUT2D eigenvalue weighted by Gasteiger charge is -2.06. The highest BCUT2D eigenvalue weighted by atomic mass is 16.6. The van der Waals surface area contributed by atoms with Gasteiger partial charge in [0.25, 0.3) is 0 Å². The van der Waals surface area contributed by atoms with Gasteiger partial charge in [0, 0.05) is 6.42 Å². The molecule has 1 fully saturated rings. The van der Waals surface area contributed by atoms with Gasteiger partial charge in [-0.25, -0.2) is 4.79 Å². The summed E-state index contributed by atoms with van der Waals surface area (Å²) in [7, 11) is 0. The molecule has 0 saturated carbocycles. The molecule has 1 amide bonds. The van der Waals surface area contributed by atoms with Crippen molar-refractivity contribution >= 4 is 6.09 Å². The Morgan fingerprint density at radius 3 is 2.77 bits per heavy atom. The van der Waals surface area contributed by atoms with Crippen LogP contribution in [0.15, 0.2) is 30.3 Å². The van der Waals surface area contributed by atoms with Crippen molar-refractivity contribution in [2.45, 2.75) is 12.5 Å². The number of hydrogen-bond acceptors (Lipinski definition) is 2. The molecule has 0 unspecified atom stereocenters. The van der Waals surface area contributed by atoms with E-state index >= 15 is 0 Å². The zero-order valence-corrected chi connectivity index (χ0v) is 7.19. The lowest BCUT2D eigenvalue weighted by molar-refractivity contribution is 0.140. The molecule has 1 aliphatic heterocycles. The maximum atomic E-state index is 10.7. The van der Waals surface area contributed by atoms with Gasteiger partial charge in [-0.1, -0.05) is 30.3 Å². The molecule has 0 radical (unpaired) electrons. The van der Waals surface area contributed by atoms with E-state index in [0.717, 1.165) is 6.42 Å². The molecule has 0 spiro atoms. The van der Waals surface area contributed by atoms with Crippen molar-refractivity contribution in [3.63, 3.8) is 0 Å². The lowest BCUT2D eigenvalue weighted by Crippen LogP contribution is -2.16. The van der Waals surface area contributed by atoms with Crippen LogP contribution < -0.4 is 5.32 Å². The summed E-state index contributed by atoms with van der Waals surface area (Å²) in [5.74, 6) is 0. The van der Waals surface area contributed by atoms with E-state index in [1.54, 1.807) is 0 Å². The van der Waals surface area contributed by atoms with E-state index in [2.05, 4.69) is 5.32 Å². The third-order valence-corrected chi connectivity index (χ3v) is 2.05. The Bertz CT molecular complexity index is 297. The number of alkyl carbamates (subject to hydrolysis) is 1. The summed E-state index contributed by atoms with van der Waals surface area (Å²) in [5, 5.41) is 2.63. The molecule has 0 aliphatic carbocycles. The Labute approximate surface area is 76.7 Å². The fourth-order valence-corrected chi connectivity index (χ4v) is 1.42. The molecule has 1 heterocycles. The molecular weight excluding hydrogens is 166 g/mol. The quantitative estimate of drug-likeness (QED) is 0.740. The summed E-state index contributed by atoms with van der Waals surface area (Å²) in [6.07, 6.45) is 0.482. The lowest BCUT2D eigenvalue weighted by atomic mass is 10.1. The van der Waals surface area contributed by atoms with Gasteiger partial charge >= 0.3 is 6.09 Å². The second-order valence-corrected chi connectivity index (χ2v) is 3.10. The number of amides is 1. The second-order valence-electron chi connectivity index (χ2n) is 3.10. The summed E-state index contributed by atoms with van der Waals surface area (Å²) in [5.41, 5.74) is 1.20. The van der Waals surface area contributed by atoms with Crippen LogP contribution in [-0.4, -0.2) is 18.7 Å². The Balaban J connectivity index is 1.96. The topological polar surface area (TPSA) is 38.3 Å². The van der Waals surface area contributed by atoms with Gasteiger partial charge in [0.15, 0.2) is 0 Å². The fraction of sp³-hybridized carbons (Fsp3) is 0.300. The van der Waals surface area contributed by atoms with Crippen LogP contribution in [0.3, 0.4) is 0 Å². The maximum Gasteiger partial charge on any atom is 0.407 e. The molecule has 0 aromatic heterocycles. The number of ether oxygens (including phenoxy) is 1. The van der Waals surface area contributed by atoms with Gasteiger partial charge in [-0.15, -0.1) is 0 Å². The van der Waals surface area contributed by atoms with E-state index in [-0.39, 0.29) is 12.2 Å². The number of nitrogens with one attached hydrogen (secondary N) is 1. The zero-order chi connectivity index (χ0) is 9.10. The molecule has 1 aliphatic rings. The fourth-order valence-electron chi connectivity index (χ4n) is 1.42. The van der Waals surface area contributed by atoms with Gasteiger partial charge in [-0.3, -0.25) is 0 Å². The first-order chi connectivity index (χ1) is 6.34. The molecule has 1 N–H and O–H groups in total. The highest BCUT2D eigenvalue weighted by Gasteiger charge is 2.22. The number of carbonyl (C=O) groups excluding carboxylic acids is 1. The number of cyclic esters (lactones) is 1. The van der Waals surface area contributed by atoms with Crippen LogP contribution in [-0.2, 0) is 11.2 Å². The molecule has 1 aromatic carbocycles. The van der Waals surface area contributed by atoms with E-state index in [1.165, 1.54) is 5.56 Å². The van der Waals surface area contributed by atoms with Gasteiger partial charge in [0.1, 0.15) is 6.10 Å². The van der Waals surface area contributed by atoms with Crippen LogP contribution >= 0.6 is 0 Å². The van der Waals surface area contributed by atoms with E-state index in [0.29, 0.717) is 6.54 Å². The van der Waals surface area contributed by atoms with Crippen LogP contribution in [0.5, 0.6) is 0 Å². The van der Waals surface area contributed by atoms with Crippen LogP contribution in [0.2, 0.25) is 0 Å². The predicted octanol–water partition coefficient (Wildman–Crippen LogP) is 1.34. The van der Waals surface area contributed by atoms with Gasteiger partial charge in [-0.2, -0.15) is 0 Å². The molecule has 0 bridgehead atoms. The largest absolute Gasteiger partial charge is 0.444 e. The number of carbonyl (C=O) groups is 1.